The minimum absolute atomic E-state index is 0. The van der Waals surface area contributed by atoms with Crippen molar-refractivity contribution >= 4 is 41.7 Å². The molecule has 132 valence electrons. The van der Waals surface area contributed by atoms with Crippen molar-refractivity contribution in [3.05, 3.63) is 33.9 Å². The normalized spacial score (nSPS) is 17.0. The van der Waals surface area contributed by atoms with Gasteiger partial charge >= 0.3 is 0 Å². The molecular weight excluding hydrogens is 356 g/mol. The van der Waals surface area contributed by atoms with Gasteiger partial charge in [0.2, 0.25) is 11.8 Å². The van der Waals surface area contributed by atoms with E-state index in [0.717, 1.165) is 24.4 Å². The Morgan fingerprint density at radius 1 is 1.50 bits per heavy atom. The maximum Gasteiger partial charge on any atom is 0.283 e. The lowest BCUT2D eigenvalue weighted by Gasteiger charge is -2.31. The average molecular weight is 375 g/mol. The largest absolute Gasteiger partial charge is 0.366 e. The summed E-state index contributed by atoms with van der Waals surface area (Å²) in [6, 6.07) is 4.26. The van der Waals surface area contributed by atoms with E-state index in [0.29, 0.717) is 18.0 Å². The number of carbonyl (C=O) groups is 2. The van der Waals surface area contributed by atoms with E-state index in [1.807, 2.05) is 6.92 Å². The lowest BCUT2D eigenvalue weighted by atomic mass is 10.2. The first-order chi connectivity index (χ1) is 10.9. The fourth-order valence-electron chi connectivity index (χ4n) is 2.32. The van der Waals surface area contributed by atoms with Gasteiger partial charge in [0.25, 0.3) is 5.69 Å². The molecule has 1 unspecified atom stereocenters. The molecule has 1 saturated heterocycles. The molecule has 10 heteroatoms. The first-order valence-corrected chi connectivity index (χ1v) is 8.09. The molecule has 1 aliphatic heterocycles. The van der Waals surface area contributed by atoms with E-state index >= 15 is 0 Å². The van der Waals surface area contributed by atoms with Crippen molar-refractivity contribution in [1.82, 2.24) is 10.2 Å². The van der Waals surface area contributed by atoms with Crippen LogP contribution < -0.4 is 11.1 Å². The van der Waals surface area contributed by atoms with E-state index in [4.69, 9.17) is 5.73 Å². The smallest absolute Gasteiger partial charge is 0.283 e. The lowest BCUT2D eigenvalue weighted by Crippen LogP contribution is -2.51. The van der Waals surface area contributed by atoms with Gasteiger partial charge in [0.05, 0.1) is 15.6 Å². The fraction of sp³-hybridized carbons (Fsp3) is 0.429. The average Bonchev–Trinajstić information content (AvgIpc) is 2.52. The summed E-state index contributed by atoms with van der Waals surface area (Å²) in [6.07, 6.45) is 0. The second kappa shape index (κ2) is 8.86. The van der Waals surface area contributed by atoms with Crippen LogP contribution in [0.5, 0.6) is 0 Å². The highest BCUT2D eigenvalue weighted by Gasteiger charge is 2.22. The quantitative estimate of drug-likeness (QED) is 0.451. The molecular formula is C14H19ClN4O4S. The zero-order valence-electron chi connectivity index (χ0n) is 13.1. The Labute approximate surface area is 149 Å². The lowest BCUT2D eigenvalue weighted by molar-refractivity contribution is -0.387. The highest BCUT2D eigenvalue weighted by molar-refractivity contribution is 8.00. The number of nitro groups is 1. The van der Waals surface area contributed by atoms with Gasteiger partial charge < -0.3 is 16.0 Å². The Balaban J connectivity index is 0.00000288. The van der Waals surface area contributed by atoms with Crippen LogP contribution in [0, 0.1) is 10.1 Å². The number of nitrogens with zero attached hydrogens (tertiary/aromatic N) is 2. The third-order valence-corrected chi connectivity index (χ3v) is 4.56. The number of piperazine rings is 1. The SMILES string of the molecule is CC1CN(C(=O)CSc2ccc(C(N)=O)cc2[N+](=O)[O-])CCN1.Cl. The summed E-state index contributed by atoms with van der Waals surface area (Å²) in [5, 5.41) is 14.4. The third-order valence-electron chi connectivity index (χ3n) is 3.51. The topological polar surface area (TPSA) is 119 Å². The monoisotopic (exact) mass is 374 g/mol. The summed E-state index contributed by atoms with van der Waals surface area (Å²) in [5.41, 5.74) is 4.99. The number of benzene rings is 1. The highest BCUT2D eigenvalue weighted by atomic mass is 35.5. The van der Waals surface area contributed by atoms with Gasteiger partial charge in [-0.15, -0.1) is 24.2 Å². The number of nitrogens with two attached hydrogens (primary N) is 1. The van der Waals surface area contributed by atoms with Crippen LogP contribution in [0.15, 0.2) is 23.1 Å². The molecule has 0 aliphatic carbocycles. The fourth-order valence-corrected chi connectivity index (χ4v) is 3.23. The predicted molar refractivity (Wildman–Crippen MR) is 93.6 cm³/mol. The molecule has 0 aromatic heterocycles. The van der Waals surface area contributed by atoms with Gasteiger partial charge in [-0.2, -0.15) is 0 Å². The van der Waals surface area contributed by atoms with Crippen LogP contribution >= 0.6 is 24.2 Å². The summed E-state index contributed by atoms with van der Waals surface area (Å²) < 4.78 is 0. The second-order valence-corrected chi connectivity index (χ2v) is 6.30. The van der Waals surface area contributed by atoms with Gasteiger partial charge in [-0.1, -0.05) is 0 Å². The van der Waals surface area contributed by atoms with Crippen LogP contribution in [0.1, 0.15) is 17.3 Å². The van der Waals surface area contributed by atoms with E-state index in [1.165, 1.54) is 12.1 Å². The Bertz CT molecular complexity index is 643. The Hall–Kier alpha value is -1.84. The van der Waals surface area contributed by atoms with E-state index in [2.05, 4.69) is 5.32 Å². The third kappa shape index (κ3) is 5.08. The molecule has 24 heavy (non-hydrogen) atoms. The number of nitrogens with one attached hydrogen (secondary N) is 1. The van der Waals surface area contributed by atoms with E-state index in [-0.39, 0.29) is 41.4 Å². The van der Waals surface area contributed by atoms with Crippen molar-refractivity contribution < 1.29 is 14.5 Å². The molecule has 1 atom stereocenters. The van der Waals surface area contributed by atoms with Crippen molar-refractivity contribution in [2.75, 3.05) is 25.4 Å². The molecule has 0 spiro atoms. The van der Waals surface area contributed by atoms with Gasteiger partial charge in [-0.05, 0) is 19.1 Å². The number of primary amides is 1. The molecule has 2 rings (SSSR count). The number of nitro benzene ring substituents is 1. The van der Waals surface area contributed by atoms with Crippen LogP contribution in [0.2, 0.25) is 0 Å². The second-order valence-electron chi connectivity index (χ2n) is 5.29. The summed E-state index contributed by atoms with van der Waals surface area (Å²) in [7, 11) is 0. The van der Waals surface area contributed by atoms with Crippen LogP contribution in [0.25, 0.3) is 0 Å². The Morgan fingerprint density at radius 2 is 2.21 bits per heavy atom. The standard InChI is InChI=1S/C14H18N4O4S.ClH/c1-9-7-17(5-4-16-9)13(19)8-23-12-3-2-10(14(15)20)6-11(12)18(21)22;/h2-3,6,9,16H,4-5,7-8H2,1H3,(H2,15,20);1H. The van der Waals surface area contributed by atoms with Crippen LogP contribution in [-0.2, 0) is 4.79 Å². The van der Waals surface area contributed by atoms with Crippen molar-refractivity contribution in [1.29, 1.82) is 0 Å². The molecule has 0 bridgehead atoms. The van der Waals surface area contributed by atoms with Gasteiger partial charge in [-0.3, -0.25) is 19.7 Å². The number of thioether (sulfide) groups is 1. The summed E-state index contributed by atoms with van der Waals surface area (Å²) in [4.78, 5) is 36.0. The van der Waals surface area contributed by atoms with Crippen molar-refractivity contribution in [2.24, 2.45) is 5.73 Å². The zero-order chi connectivity index (χ0) is 17.0. The molecule has 1 aromatic carbocycles. The van der Waals surface area contributed by atoms with Gasteiger partial charge in [0.15, 0.2) is 0 Å². The molecule has 0 saturated carbocycles. The maximum absolute atomic E-state index is 12.2. The molecule has 2 amide bonds. The number of halogens is 1. The van der Waals surface area contributed by atoms with E-state index < -0.39 is 10.8 Å². The highest BCUT2D eigenvalue weighted by Crippen LogP contribution is 2.30. The molecule has 1 aromatic rings. The van der Waals surface area contributed by atoms with Crippen LogP contribution in [-0.4, -0.2) is 53.1 Å². The van der Waals surface area contributed by atoms with Crippen LogP contribution in [0.3, 0.4) is 0 Å². The zero-order valence-corrected chi connectivity index (χ0v) is 14.7. The molecule has 8 nitrogen and oxygen atoms in total. The van der Waals surface area contributed by atoms with Gasteiger partial charge in [0.1, 0.15) is 0 Å². The Morgan fingerprint density at radius 3 is 2.79 bits per heavy atom. The molecule has 0 radical (unpaired) electrons. The minimum Gasteiger partial charge on any atom is -0.366 e. The van der Waals surface area contributed by atoms with Gasteiger partial charge in [-0.25, -0.2) is 0 Å². The van der Waals surface area contributed by atoms with Crippen molar-refractivity contribution in [2.45, 2.75) is 17.9 Å². The number of rotatable bonds is 5. The number of carbonyl (C=O) groups excluding carboxylic acids is 2. The maximum atomic E-state index is 12.2. The first kappa shape index (κ1) is 20.2. The summed E-state index contributed by atoms with van der Waals surface area (Å²) in [5.74, 6) is -0.670. The number of amides is 2. The van der Waals surface area contributed by atoms with Crippen LogP contribution in [0.4, 0.5) is 5.69 Å². The Kier molecular flexibility index (Phi) is 7.46. The molecule has 3 N–H and O–H groups in total. The molecule has 1 fully saturated rings. The molecule has 1 aliphatic rings. The summed E-state index contributed by atoms with van der Waals surface area (Å²) in [6.45, 7) is 4.00. The van der Waals surface area contributed by atoms with Crippen molar-refractivity contribution in [3.63, 3.8) is 0 Å². The molecule has 1 heterocycles. The van der Waals surface area contributed by atoms with E-state index in [9.17, 15) is 19.7 Å². The number of hydrogen-bond donors (Lipinski definition) is 2. The van der Waals surface area contributed by atoms with Crippen molar-refractivity contribution in [3.8, 4) is 0 Å². The van der Waals surface area contributed by atoms with Gasteiger partial charge in [0, 0.05) is 37.3 Å². The number of hydrogen-bond acceptors (Lipinski definition) is 6. The summed E-state index contributed by atoms with van der Waals surface area (Å²) >= 11 is 1.09. The van der Waals surface area contributed by atoms with E-state index in [1.54, 1.807) is 4.90 Å². The first-order valence-electron chi connectivity index (χ1n) is 7.10. The minimum atomic E-state index is -0.726. The predicted octanol–water partition coefficient (Wildman–Crippen LogP) is 1.03.